The number of fused-ring (bicyclic) bond motifs is 4. The van der Waals surface area contributed by atoms with Crippen molar-refractivity contribution in [2.24, 2.45) is 17.8 Å². The highest BCUT2D eigenvalue weighted by molar-refractivity contribution is 6.58. The first-order chi connectivity index (χ1) is 19.0. The summed E-state index contributed by atoms with van der Waals surface area (Å²) in [6.07, 6.45) is 1.83. The minimum atomic E-state index is -2.13. The molecular weight excluding hydrogens is 562 g/mol. The summed E-state index contributed by atoms with van der Waals surface area (Å²) in [6.45, 7) is 1.92. The maximum atomic E-state index is 14.3. The van der Waals surface area contributed by atoms with Gasteiger partial charge in [-0.2, -0.15) is 0 Å². The van der Waals surface area contributed by atoms with Gasteiger partial charge in [0.15, 0.2) is 9.75 Å². The molecule has 0 bridgehead atoms. The summed E-state index contributed by atoms with van der Waals surface area (Å²) in [7, 11) is 1.44. The number of likely N-dealkylation sites (tertiary alicyclic amines) is 1. The number of carbonyl (C=O) groups excluding carboxylic acids is 4. The number of hydrogen-bond acceptors (Lipinski definition) is 6. The van der Waals surface area contributed by atoms with Gasteiger partial charge in [0.05, 0.1) is 24.6 Å². The van der Waals surface area contributed by atoms with Crippen molar-refractivity contribution < 1.29 is 33.4 Å². The van der Waals surface area contributed by atoms with Crippen LogP contribution in [0.15, 0.2) is 54.1 Å². The number of nitrogens with zero attached hydrogens (tertiary/aromatic N) is 2. The molecule has 2 heterocycles. The maximum absolute atomic E-state index is 14.3. The molecule has 4 amide bonds. The summed E-state index contributed by atoms with van der Waals surface area (Å²) in [5.74, 6) is -6.02. The molecule has 6 atom stereocenters. The Morgan fingerprint density at radius 2 is 1.73 bits per heavy atom. The molecule has 0 aromatic heterocycles. The second kappa shape index (κ2) is 9.04. The average Bonchev–Trinajstić information content (AvgIpc) is 3.27. The number of benzene rings is 2. The third kappa shape index (κ3) is 3.31. The number of imide groups is 2. The Morgan fingerprint density at radius 3 is 2.38 bits per heavy atom. The van der Waals surface area contributed by atoms with E-state index in [0.717, 1.165) is 17.0 Å². The lowest BCUT2D eigenvalue weighted by Crippen LogP contribution is -2.60. The molecule has 6 unspecified atom stereocenters. The van der Waals surface area contributed by atoms with Crippen molar-refractivity contribution in [2.45, 2.75) is 35.4 Å². The summed E-state index contributed by atoms with van der Waals surface area (Å²) in [5.41, 5.74) is 0.829. The van der Waals surface area contributed by atoms with Crippen LogP contribution in [0, 0.1) is 23.6 Å². The number of phenolic OH excluding ortho intramolecular Hbond substituents is 1. The van der Waals surface area contributed by atoms with E-state index >= 15 is 0 Å². The summed E-state index contributed by atoms with van der Waals surface area (Å²) >= 11 is 14.5. The largest absolute Gasteiger partial charge is 0.508 e. The molecule has 2 saturated heterocycles. The van der Waals surface area contributed by atoms with Crippen molar-refractivity contribution >= 4 is 52.5 Å². The fourth-order valence-corrected chi connectivity index (χ4v) is 7.94. The standard InChI is InChI=1S/C29H25Cl2FN2O6/c1-3-33-24(36)18-10-9-17-20(22(18)25(33)37)13-28(30)26(38)34(15-6-4-14(32)5-7-15)27(39)29(28,31)23(17)19-12-16(40-2)8-11-21(19)35/h4-9,11-12,18,20,22-23,35H,3,10,13H2,1-2H3. The second-order valence-corrected chi connectivity index (χ2v) is 11.8. The number of aromatic hydroxyl groups is 1. The first-order valence-electron chi connectivity index (χ1n) is 12.9. The van der Waals surface area contributed by atoms with Crippen molar-refractivity contribution in [1.82, 2.24) is 4.90 Å². The number of allylic oxidation sites excluding steroid dienone is 2. The molecule has 11 heteroatoms. The van der Waals surface area contributed by atoms with E-state index in [0.29, 0.717) is 11.3 Å². The number of halogens is 3. The molecule has 3 fully saturated rings. The van der Waals surface area contributed by atoms with Crippen molar-refractivity contribution in [1.29, 1.82) is 0 Å². The number of methoxy groups -OCH3 is 1. The van der Waals surface area contributed by atoms with Gasteiger partial charge in [-0.15, -0.1) is 23.2 Å². The van der Waals surface area contributed by atoms with Gasteiger partial charge >= 0.3 is 0 Å². The van der Waals surface area contributed by atoms with Gasteiger partial charge in [-0.05, 0) is 68.1 Å². The average molecular weight is 587 g/mol. The van der Waals surface area contributed by atoms with Crippen LogP contribution in [0.2, 0.25) is 0 Å². The normalized spacial score (nSPS) is 33.1. The molecule has 2 aliphatic carbocycles. The highest BCUT2D eigenvalue weighted by Gasteiger charge is 2.76. The summed E-state index contributed by atoms with van der Waals surface area (Å²) in [6, 6.07) is 9.23. The Morgan fingerprint density at radius 1 is 1.02 bits per heavy atom. The SMILES string of the molecule is CCN1C(=O)C2CC=C3C(CC4(Cl)C(=O)N(c5ccc(F)cc5)C(=O)C4(Cl)C3c3cc(OC)ccc3O)C2C1=O. The molecule has 0 spiro atoms. The van der Waals surface area contributed by atoms with Crippen LogP contribution < -0.4 is 9.64 Å². The van der Waals surface area contributed by atoms with Gasteiger partial charge < -0.3 is 9.84 Å². The first-order valence-corrected chi connectivity index (χ1v) is 13.7. The Labute approximate surface area is 239 Å². The van der Waals surface area contributed by atoms with Gasteiger partial charge in [0, 0.05) is 18.0 Å². The van der Waals surface area contributed by atoms with E-state index in [9.17, 15) is 28.7 Å². The quantitative estimate of drug-likeness (QED) is 0.328. The molecule has 1 N–H and O–H groups in total. The predicted molar refractivity (Wildman–Crippen MR) is 144 cm³/mol. The van der Waals surface area contributed by atoms with Crippen LogP contribution in [-0.4, -0.2) is 57.0 Å². The molecule has 2 aromatic rings. The van der Waals surface area contributed by atoms with Crippen LogP contribution >= 0.6 is 23.2 Å². The zero-order valence-electron chi connectivity index (χ0n) is 21.6. The third-order valence-electron chi connectivity index (χ3n) is 8.85. The second-order valence-electron chi connectivity index (χ2n) is 10.6. The van der Waals surface area contributed by atoms with Crippen LogP contribution in [0.5, 0.6) is 11.5 Å². The third-order valence-corrected chi connectivity index (χ3v) is 10.3. The van der Waals surface area contributed by atoms with Gasteiger partial charge in [0.1, 0.15) is 17.3 Å². The molecule has 0 radical (unpaired) electrons. The minimum Gasteiger partial charge on any atom is -0.508 e. The molecule has 40 heavy (non-hydrogen) atoms. The lowest BCUT2D eigenvalue weighted by Gasteiger charge is -2.50. The van der Waals surface area contributed by atoms with E-state index in [2.05, 4.69) is 0 Å². The van der Waals surface area contributed by atoms with Gasteiger partial charge in [-0.3, -0.25) is 24.1 Å². The zero-order chi connectivity index (χ0) is 28.7. The summed E-state index contributed by atoms with van der Waals surface area (Å²) in [5, 5.41) is 11.1. The van der Waals surface area contributed by atoms with Gasteiger partial charge in [0.2, 0.25) is 11.8 Å². The molecule has 4 aliphatic rings. The number of anilines is 1. The Kier molecular flexibility index (Phi) is 6.05. The highest BCUT2D eigenvalue weighted by Crippen LogP contribution is 2.66. The number of phenols is 1. The van der Waals surface area contributed by atoms with Crippen molar-refractivity contribution in [3.63, 3.8) is 0 Å². The summed E-state index contributed by atoms with van der Waals surface area (Å²) < 4.78 is 19.1. The molecule has 6 rings (SSSR count). The monoisotopic (exact) mass is 586 g/mol. The van der Waals surface area contributed by atoms with E-state index in [-0.39, 0.29) is 48.2 Å². The lowest BCUT2D eigenvalue weighted by molar-refractivity contribution is -0.140. The van der Waals surface area contributed by atoms with Crippen molar-refractivity contribution in [3.8, 4) is 11.5 Å². The van der Waals surface area contributed by atoms with E-state index in [1.807, 2.05) is 0 Å². The fourth-order valence-electron chi connectivity index (χ4n) is 7.01. The predicted octanol–water partition coefficient (Wildman–Crippen LogP) is 4.12. The van der Waals surface area contributed by atoms with Crippen molar-refractivity contribution in [3.05, 3.63) is 65.5 Å². The van der Waals surface area contributed by atoms with E-state index in [1.54, 1.807) is 13.0 Å². The van der Waals surface area contributed by atoms with E-state index in [1.165, 1.54) is 42.3 Å². The highest BCUT2D eigenvalue weighted by atomic mass is 35.5. The zero-order valence-corrected chi connectivity index (χ0v) is 23.1. The number of rotatable bonds is 4. The van der Waals surface area contributed by atoms with E-state index < -0.39 is 51.1 Å². The van der Waals surface area contributed by atoms with Gasteiger partial charge in [-0.25, -0.2) is 9.29 Å². The summed E-state index contributed by atoms with van der Waals surface area (Å²) in [4.78, 5) is 52.8. The van der Waals surface area contributed by atoms with Gasteiger partial charge in [-0.1, -0.05) is 11.6 Å². The Balaban J connectivity index is 1.59. The Bertz CT molecular complexity index is 1510. The molecular formula is C29H25Cl2FN2O6. The fraction of sp³-hybridized carbons (Fsp3) is 0.379. The number of ether oxygens (including phenoxy) is 1. The van der Waals surface area contributed by atoms with Crippen LogP contribution in [0.1, 0.15) is 31.2 Å². The molecule has 2 aliphatic heterocycles. The first kappa shape index (κ1) is 26.8. The topological polar surface area (TPSA) is 104 Å². The van der Waals surface area contributed by atoms with Gasteiger partial charge in [0.25, 0.3) is 11.8 Å². The molecule has 8 nitrogen and oxygen atoms in total. The number of alkyl halides is 2. The number of carbonyl (C=O) groups is 4. The van der Waals surface area contributed by atoms with Crippen LogP contribution in [0.4, 0.5) is 10.1 Å². The molecule has 2 aromatic carbocycles. The minimum absolute atomic E-state index is 0.0820. The maximum Gasteiger partial charge on any atom is 0.258 e. The van der Waals surface area contributed by atoms with Crippen LogP contribution in [-0.2, 0) is 19.2 Å². The van der Waals surface area contributed by atoms with Crippen LogP contribution in [0.25, 0.3) is 0 Å². The molecule has 208 valence electrons. The number of hydrogen-bond donors (Lipinski definition) is 1. The van der Waals surface area contributed by atoms with E-state index in [4.69, 9.17) is 27.9 Å². The lowest BCUT2D eigenvalue weighted by atomic mass is 9.56. The molecule has 1 saturated carbocycles. The van der Waals surface area contributed by atoms with Crippen LogP contribution in [0.3, 0.4) is 0 Å². The Hall–Kier alpha value is -3.43. The van der Waals surface area contributed by atoms with Crippen molar-refractivity contribution in [2.75, 3.05) is 18.6 Å². The number of amides is 4. The smallest absolute Gasteiger partial charge is 0.258 e.